The normalized spacial score (nSPS) is 25.9. The maximum absolute atomic E-state index is 12.4. The standard InChI is InChI=1S/C7H10FNOS2/c8-5-3-9(4-5)6(10)7-11-1-2-12-7/h5,7H,1-4H2. The van der Waals surface area contributed by atoms with Crippen molar-refractivity contribution in [3.8, 4) is 0 Å². The molecule has 2 fully saturated rings. The van der Waals surface area contributed by atoms with Crippen LogP contribution in [0.3, 0.4) is 0 Å². The van der Waals surface area contributed by atoms with Crippen molar-refractivity contribution in [3.05, 3.63) is 0 Å². The smallest absolute Gasteiger partial charge is 0.246 e. The van der Waals surface area contributed by atoms with E-state index in [0.29, 0.717) is 13.1 Å². The summed E-state index contributed by atoms with van der Waals surface area (Å²) in [5.74, 6) is 2.22. The van der Waals surface area contributed by atoms with E-state index in [1.54, 1.807) is 28.4 Å². The lowest BCUT2D eigenvalue weighted by Gasteiger charge is -2.35. The fourth-order valence-corrected chi connectivity index (χ4v) is 4.00. The van der Waals surface area contributed by atoms with Crippen molar-refractivity contribution in [1.29, 1.82) is 0 Å². The number of likely N-dealkylation sites (tertiary alicyclic amines) is 1. The van der Waals surface area contributed by atoms with E-state index < -0.39 is 6.17 Å². The van der Waals surface area contributed by atoms with Gasteiger partial charge in [0.25, 0.3) is 0 Å². The van der Waals surface area contributed by atoms with E-state index in [9.17, 15) is 9.18 Å². The van der Waals surface area contributed by atoms with Crippen molar-refractivity contribution >= 4 is 29.4 Å². The highest BCUT2D eigenvalue weighted by atomic mass is 32.2. The van der Waals surface area contributed by atoms with Gasteiger partial charge < -0.3 is 4.90 Å². The van der Waals surface area contributed by atoms with Crippen molar-refractivity contribution in [2.75, 3.05) is 24.6 Å². The van der Waals surface area contributed by atoms with Gasteiger partial charge in [-0.2, -0.15) is 0 Å². The zero-order chi connectivity index (χ0) is 8.55. The van der Waals surface area contributed by atoms with Gasteiger partial charge in [-0.15, -0.1) is 23.5 Å². The highest BCUT2D eigenvalue weighted by Gasteiger charge is 2.36. The number of halogens is 1. The first kappa shape index (κ1) is 8.69. The van der Waals surface area contributed by atoms with Gasteiger partial charge in [0.05, 0.1) is 13.1 Å². The summed E-state index contributed by atoms with van der Waals surface area (Å²) in [6.45, 7) is 0.632. The molecule has 2 aliphatic heterocycles. The number of carbonyl (C=O) groups excluding carboxylic acids is 1. The van der Waals surface area contributed by atoms with Crippen LogP contribution in [-0.2, 0) is 4.79 Å². The fraction of sp³-hybridized carbons (Fsp3) is 0.857. The van der Waals surface area contributed by atoms with Gasteiger partial charge in [-0.3, -0.25) is 4.79 Å². The Morgan fingerprint density at radius 2 is 1.92 bits per heavy atom. The molecule has 0 aromatic rings. The number of hydrogen-bond acceptors (Lipinski definition) is 3. The number of amides is 1. The molecule has 0 saturated carbocycles. The summed E-state index contributed by atoms with van der Waals surface area (Å²) in [6, 6.07) is 0. The van der Waals surface area contributed by atoms with Gasteiger partial charge >= 0.3 is 0 Å². The molecule has 2 aliphatic rings. The first-order chi connectivity index (χ1) is 5.77. The van der Waals surface area contributed by atoms with Gasteiger partial charge in [-0.25, -0.2) is 4.39 Å². The lowest BCUT2D eigenvalue weighted by Crippen LogP contribution is -2.53. The van der Waals surface area contributed by atoms with Crippen LogP contribution < -0.4 is 0 Å². The zero-order valence-corrected chi connectivity index (χ0v) is 8.17. The zero-order valence-electron chi connectivity index (χ0n) is 6.53. The summed E-state index contributed by atoms with van der Waals surface area (Å²) in [6.07, 6.45) is -0.773. The highest BCUT2D eigenvalue weighted by Crippen LogP contribution is 2.34. The molecular formula is C7H10FNOS2. The van der Waals surface area contributed by atoms with Crippen LogP contribution in [-0.4, -0.2) is 46.2 Å². The number of carbonyl (C=O) groups is 1. The van der Waals surface area contributed by atoms with E-state index >= 15 is 0 Å². The first-order valence-electron chi connectivity index (χ1n) is 3.93. The third-order valence-electron chi connectivity index (χ3n) is 1.97. The molecule has 0 aromatic carbocycles. The van der Waals surface area contributed by atoms with Crippen molar-refractivity contribution in [2.24, 2.45) is 0 Å². The summed E-state index contributed by atoms with van der Waals surface area (Å²) in [5.41, 5.74) is 0. The van der Waals surface area contributed by atoms with Crippen LogP contribution in [0, 0.1) is 0 Å². The predicted molar refractivity (Wildman–Crippen MR) is 50.2 cm³/mol. The quantitative estimate of drug-likeness (QED) is 0.639. The number of rotatable bonds is 1. The molecule has 2 rings (SSSR count). The number of alkyl halides is 1. The molecule has 0 N–H and O–H groups in total. The number of thioether (sulfide) groups is 2. The van der Waals surface area contributed by atoms with E-state index in [1.165, 1.54) is 0 Å². The van der Waals surface area contributed by atoms with Crippen molar-refractivity contribution < 1.29 is 9.18 Å². The second-order valence-corrected chi connectivity index (χ2v) is 5.64. The average Bonchev–Trinajstić information content (AvgIpc) is 2.49. The molecule has 0 atom stereocenters. The highest BCUT2D eigenvalue weighted by molar-refractivity contribution is 8.21. The lowest BCUT2D eigenvalue weighted by atomic mass is 10.2. The minimum absolute atomic E-state index is 0.0532. The summed E-state index contributed by atoms with van der Waals surface area (Å²) < 4.78 is 12.5. The molecule has 0 bridgehead atoms. The molecule has 12 heavy (non-hydrogen) atoms. The van der Waals surface area contributed by atoms with Gasteiger partial charge in [0.2, 0.25) is 5.91 Å². The molecule has 1 amide bonds. The Morgan fingerprint density at radius 3 is 2.42 bits per heavy atom. The average molecular weight is 207 g/mol. The number of hydrogen-bond donors (Lipinski definition) is 0. The monoisotopic (exact) mass is 207 g/mol. The Morgan fingerprint density at radius 1 is 1.33 bits per heavy atom. The minimum Gasteiger partial charge on any atom is -0.335 e. The maximum Gasteiger partial charge on any atom is 0.246 e. The maximum atomic E-state index is 12.4. The molecule has 0 spiro atoms. The van der Waals surface area contributed by atoms with Crippen LogP contribution in [0.1, 0.15) is 0 Å². The van der Waals surface area contributed by atoms with Crippen LogP contribution in [0.25, 0.3) is 0 Å². The summed E-state index contributed by atoms with van der Waals surface area (Å²) in [7, 11) is 0. The van der Waals surface area contributed by atoms with E-state index in [2.05, 4.69) is 0 Å². The third kappa shape index (κ3) is 1.57. The molecule has 2 heterocycles. The van der Waals surface area contributed by atoms with E-state index in [0.717, 1.165) is 11.5 Å². The second-order valence-electron chi connectivity index (χ2n) is 2.91. The Hall–Kier alpha value is 0.1000. The van der Waals surface area contributed by atoms with Crippen molar-refractivity contribution in [3.63, 3.8) is 0 Å². The SMILES string of the molecule is O=C(C1SCCS1)N1CC(F)C1. The largest absolute Gasteiger partial charge is 0.335 e. The molecule has 0 aliphatic carbocycles. The Balaban J connectivity index is 1.83. The molecular weight excluding hydrogens is 197 g/mol. The van der Waals surface area contributed by atoms with Crippen LogP contribution in [0.5, 0.6) is 0 Å². The molecule has 0 aromatic heterocycles. The summed E-state index contributed by atoms with van der Waals surface area (Å²) in [4.78, 5) is 13.1. The van der Waals surface area contributed by atoms with Crippen LogP contribution in [0.2, 0.25) is 0 Å². The van der Waals surface area contributed by atoms with Crippen LogP contribution in [0.4, 0.5) is 4.39 Å². The van der Waals surface area contributed by atoms with E-state index in [-0.39, 0.29) is 10.5 Å². The second kappa shape index (κ2) is 3.46. The van der Waals surface area contributed by atoms with E-state index in [1.807, 2.05) is 0 Å². The van der Waals surface area contributed by atoms with Gasteiger partial charge in [-0.05, 0) is 0 Å². The number of nitrogens with zero attached hydrogens (tertiary/aromatic N) is 1. The minimum atomic E-state index is -0.773. The summed E-state index contributed by atoms with van der Waals surface area (Å²) in [5, 5.41) is 0. The van der Waals surface area contributed by atoms with Gasteiger partial charge in [0.15, 0.2) is 0 Å². The Bertz CT molecular complexity index is 190. The van der Waals surface area contributed by atoms with Crippen LogP contribution >= 0.6 is 23.5 Å². The van der Waals surface area contributed by atoms with Gasteiger partial charge in [0.1, 0.15) is 10.8 Å². The first-order valence-corrected chi connectivity index (χ1v) is 6.03. The van der Waals surface area contributed by atoms with Gasteiger partial charge in [-0.1, -0.05) is 0 Å². The molecule has 2 saturated heterocycles. The molecule has 0 unspecified atom stereocenters. The molecule has 5 heteroatoms. The Kier molecular flexibility index (Phi) is 2.50. The molecule has 0 radical (unpaired) electrons. The van der Waals surface area contributed by atoms with Gasteiger partial charge in [0, 0.05) is 11.5 Å². The molecule has 2 nitrogen and oxygen atoms in total. The predicted octanol–water partition coefficient (Wildman–Crippen LogP) is 0.973. The lowest BCUT2D eigenvalue weighted by molar-refractivity contribution is -0.135. The van der Waals surface area contributed by atoms with Crippen molar-refractivity contribution in [1.82, 2.24) is 4.90 Å². The third-order valence-corrected chi connectivity index (χ3v) is 4.94. The van der Waals surface area contributed by atoms with E-state index in [4.69, 9.17) is 0 Å². The molecule has 68 valence electrons. The topological polar surface area (TPSA) is 20.3 Å². The van der Waals surface area contributed by atoms with Crippen molar-refractivity contribution in [2.45, 2.75) is 10.8 Å². The summed E-state index contributed by atoms with van der Waals surface area (Å²) >= 11 is 3.36. The Labute approximate surface area is 79.3 Å². The van der Waals surface area contributed by atoms with Crippen LogP contribution in [0.15, 0.2) is 0 Å². The fourth-order valence-electron chi connectivity index (χ4n) is 1.25.